The molecule has 0 radical (unpaired) electrons. The van der Waals surface area contributed by atoms with Gasteiger partial charge in [-0.15, -0.1) is 0 Å². The maximum Gasteiger partial charge on any atom is 0.307 e. The average Bonchev–Trinajstić information content (AvgIpc) is 3.16. The van der Waals surface area contributed by atoms with Gasteiger partial charge < -0.3 is 14.6 Å². The zero-order valence-electron chi connectivity index (χ0n) is 33.0. The molecule has 0 fully saturated rings. The first-order chi connectivity index (χ1) is 25.6. The van der Waals surface area contributed by atoms with Crippen LogP contribution in [0.4, 0.5) is 0 Å². The lowest BCUT2D eigenvalue weighted by atomic mass is 10.1. The van der Waals surface area contributed by atoms with Crippen molar-refractivity contribution < 1.29 is 24.2 Å². The summed E-state index contributed by atoms with van der Waals surface area (Å²) in [5.41, 5.74) is 0.817. The van der Waals surface area contributed by atoms with Crippen molar-refractivity contribution >= 4 is 55.1 Å². The van der Waals surface area contributed by atoms with Crippen LogP contribution in [-0.4, -0.2) is 77.8 Å². The molecular formula is C42H75NO5S4. The number of aliphatic hydroxyl groups is 1. The predicted molar refractivity (Wildman–Crippen MR) is 233 cm³/mol. The van der Waals surface area contributed by atoms with E-state index >= 15 is 0 Å². The topological polar surface area (TPSA) is 76.1 Å². The van der Waals surface area contributed by atoms with Crippen LogP contribution < -0.4 is 0 Å². The molecule has 1 atom stereocenters. The Morgan fingerprint density at radius 3 is 1.33 bits per heavy atom. The quantitative estimate of drug-likeness (QED) is 0.0395. The van der Waals surface area contributed by atoms with Gasteiger partial charge in [-0.05, 0) is 18.4 Å². The monoisotopic (exact) mass is 801 g/mol. The average molecular weight is 802 g/mol. The minimum Gasteiger partial charge on any atom is -0.465 e. The molecule has 0 aliphatic rings. The number of rotatable bonds is 39. The third kappa shape index (κ3) is 32.9. The lowest BCUT2D eigenvalue weighted by Gasteiger charge is -2.24. The normalized spacial score (nSPS) is 12.0. The molecule has 1 N–H and O–H groups in total. The van der Waals surface area contributed by atoms with Crippen molar-refractivity contribution in [1.82, 2.24) is 4.90 Å². The summed E-state index contributed by atoms with van der Waals surface area (Å²) in [6, 6.07) is 9.51. The zero-order chi connectivity index (χ0) is 37.6. The van der Waals surface area contributed by atoms with E-state index in [1.807, 2.05) is 56.8 Å². The van der Waals surface area contributed by atoms with Crippen molar-refractivity contribution in [3.8, 4) is 0 Å². The second kappa shape index (κ2) is 38.7. The second-order valence-corrected chi connectivity index (χ2v) is 19.2. The number of unbranched alkanes of at least 4 members (excludes halogenated alkanes) is 18. The maximum absolute atomic E-state index is 12.5. The van der Waals surface area contributed by atoms with E-state index in [1.165, 1.54) is 128 Å². The number of carbonyl (C=O) groups is 2. The van der Waals surface area contributed by atoms with Gasteiger partial charge in [0, 0.05) is 42.6 Å². The fourth-order valence-corrected chi connectivity index (χ4v) is 9.82. The van der Waals surface area contributed by atoms with Crippen molar-refractivity contribution in [2.45, 2.75) is 161 Å². The molecule has 0 heterocycles. The van der Waals surface area contributed by atoms with Gasteiger partial charge in [-0.25, -0.2) is 0 Å². The summed E-state index contributed by atoms with van der Waals surface area (Å²) in [5, 5.41) is 10.8. The second-order valence-electron chi connectivity index (χ2n) is 13.8. The standard InChI is InChI=1S/C42H75NO5S4/c1-3-5-7-9-11-13-15-17-19-24-34-49-51-36-32-47-41(45)28-30-43(38-40(44)39-26-22-21-23-27-39)31-29-42(46)48-33-37-52-50-35-25-20-18-16-14-12-10-8-6-4-2/h21-23,26-27,40,44H,3-20,24-25,28-38H2,1-2H3. The fraction of sp³-hybridized carbons (Fsp3) is 0.810. The molecule has 0 spiro atoms. The highest BCUT2D eigenvalue weighted by molar-refractivity contribution is 8.77. The number of nitrogens with zero attached hydrogens (tertiary/aromatic N) is 1. The van der Waals surface area contributed by atoms with Crippen LogP contribution in [0.5, 0.6) is 0 Å². The van der Waals surface area contributed by atoms with Crippen LogP contribution in [0, 0.1) is 0 Å². The largest absolute Gasteiger partial charge is 0.465 e. The summed E-state index contributed by atoms with van der Waals surface area (Å²) < 4.78 is 11.0. The zero-order valence-corrected chi connectivity index (χ0v) is 36.3. The molecule has 0 bridgehead atoms. The van der Waals surface area contributed by atoms with Gasteiger partial charge in [0.25, 0.3) is 0 Å². The number of benzene rings is 1. The van der Waals surface area contributed by atoms with E-state index in [9.17, 15) is 14.7 Å². The summed E-state index contributed by atoms with van der Waals surface area (Å²) in [7, 11) is 7.30. The van der Waals surface area contributed by atoms with Gasteiger partial charge in [0.2, 0.25) is 0 Å². The van der Waals surface area contributed by atoms with E-state index in [0.29, 0.717) is 32.8 Å². The maximum atomic E-state index is 12.5. The molecule has 6 nitrogen and oxygen atoms in total. The van der Waals surface area contributed by atoms with E-state index in [1.54, 1.807) is 21.6 Å². The molecule has 1 aromatic rings. The molecule has 1 unspecified atom stereocenters. The van der Waals surface area contributed by atoms with E-state index < -0.39 is 6.10 Å². The number of aliphatic hydroxyl groups excluding tert-OH is 1. The molecule has 302 valence electrons. The Balaban J connectivity index is 2.16. The summed E-state index contributed by atoms with van der Waals surface area (Å²) >= 11 is 0. The van der Waals surface area contributed by atoms with E-state index in [4.69, 9.17) is 9.47 Å². The van der Waals surface area contributed by atoms with Gasteiger partial charge in [0.15, 0.2) is 0 Å². The van der Waals surface area contributed by atoms with E-state index in [2.05, 4.69) is 13.8 Å². The highest BCUT2D eigenvalue weighted by Crippen LogP contribution is 2.24. The van der Waals surface area contributed by atoms with Gasteiger partial charge in [-0.3, -0.25) is 14.5 Å². The molecule has 0 aliphatic heterocycles. The first kappa shape index (κ1) is 49.5. The number of hydrogen-bond donors (Lipinski definition) is 1. The number of ether oxygens (including phenoxy) is 2. The predicted octanol–water partition coefficient (Wildman–Crippen LogP) is 12.5. The van der Waals surface area contributed by atoms with Crippen molar-refractivity contribution in [2.24, 2.45) is 0 Å². The SMILES string of the molecule is CCCCCCCCCCCCSSCCOC(=O)CCN(CCC(=O)OCCSSCCCCCCCCCCCC)CC(O)c1ccccc1. The van der Waals surface area contributed by atoms with Crippen molar-refractivity contribution in [1.29, 1.82) is 0 Å². The smallest absolute Gasteiger partial charge is 0.307 e. The summed E-state index contributed by atoms with van der Waals surface area (Å²) in [5.74, 6) is 3.38. The Morgan fingerprint density at radius 1 is 0.558 bits per heavy atom. The van der Waals surface area contributed by atoms with Gasteiger partial charge in [-0.1, -0.05) is 203 Å². The van der Waals surface area contributed by atoms with Crippen LogP contribution >= 0.6 is 43.2 Å². The fourth-order valence-electron chi connectivity index (χ4n) is 5.87. The molecule has 1 rings (SSSR count). The van der Waals surface area contributed by atoms with Crippen LogP contribution in [-0.2, 0) is 19.1 Å². The summed E-state index contributed by atoms with van der Waals surface area (Å²) in [6.45, 7) is 6.52. The molecule has 1 aromatic carbocycles. The molecule has 0 aliphatic carbocycles. The summed E-state index contributed by atoms with van der Waals surface area (Å²) in [4.78, 5) is 27.0. The number of esters is 2. The van der Waals surface area contributed by atoms with Crippen LogP contribution in [0.1, 0.15) is 167 Å². The Morgan fingerprint density at radius 2 is 0.923 bits per heavy atom. The van der Waals surface area contributed by atoms with Crippen molar-refractivity contribution in [3.05, 3.63) is 35.9 Å². The highest BCUT2D eigenvalue weighted by Gasteiger charge is 2.17. The summed E-state index contributed by atoms with van der Waals surface area (Å²) in [6.07, 6.45) is 26.8. The lowest BCUT2D eigenvalue weighted by Crippen LogP contribution is -2.33. The van der Waals surface area contributed by atoms with Crippen LogP contribution in [0.3, 0.4) is 0 Å². The van der Waals surface area contributed by atoms with Gasteiger partial charge >= 0.3 is 11.9 Å². The Hall–Kier alpha value is -0.520. The third-order valence-corrected chi connectivity index (χ3v) is 14.0. The first-order valence-corrected chi connectivity index (χ1v) is 25.8. The first-order valence-electron chi connectivity index (χ1n) is 20.8. The molecule has 0 saturated heterocycles. The van der Waals surface area contributed by atoms with Gasteiger partial charge in [0.05, 0.1) is 18.9 Å². The minimum atomic E-state index is -0.707. The lowest BCUT2D eigenvalue weighted by molar-refractivity contribution is -0.143. The minimum absolute atomic E-state index is 0.222. The van der Waals surface area contributed by atoms with Crippen LogP contribution in [0.2, 0.25) is 0 Å². The Labute approximate surface area is 335 Å². The number of hydrogen-bond acceptors (Lipinski definition) is 10. The molecule has 0 saturated carbocycles. The molecule has 0 amide bonds. The Bertz CT molecular complexity index is 879. The van der Waals surface area contributed by atoms with Gasteiger partial charge in [-0.2, -0.15) is 0 Å². The van der Waals surface area contributed by atoms with Gasteiger partial charge in [0.1, 0.15) is 13.2 Å². The van der Waals surface area contributed by atoms with Crippen molar-refractivity contribution in [2.75, 3.05) is 55.9 Å². The Kier molecular flexibility index (Phi) is 36.9. The molecule has 52 heavy (non-hydrogen) atoms. The molecular weight excluding hydrogens is 727 g/mol. The van der Waals surface area contributed by atoms with E-state index in [-0.39, 0.29) is 24.8 Å². The third-order valence-electron chi connectivity index (χ3n) is 9.07. The molecule has 10 heteroatoms. The van der Waals surface area contributed by atoms with Crippen LogP contribution in [0.15, 0.2) is 30.3 Å². The highest BCUT2D eigenvalue weighted by atomic mass is 33.1. The number of carbonyl (C=O) groups excluding carboxylic acids is 2. The van der Waals surface area contributed by atoms with Crippen molar-refractivity contribution in [3.63, 3.8) is 0 Å². The van der Waals surface area contributed by atoms with E-state index in [0.717, 1.165) is 28.6 Å². The molecule has 0 aromatic heterocycles. The van der Waals surface area contributed by atoms with Crippen LogP contribution in [0.25, 0.3) is 0 Å².